The summed E-state index contributed by atoms with van der Waals surface area (Å²) in [5.74, 6) is -0.941. The number of benzene rings is 1. The van der Waals surface area contributed by atoms with Crippen LogP contribution in [0.4, 0.5) is 8.78 Å². The average Bonchev–Trinajstić information content (AvgIpc) is 1.96. The predicted octanol–water partition coefficient (Wildman–Crippen LogP) is 0.419. The van der Waals surface area contributed by atoms with Gasteiger partial charge in [-0.25, -0.2) is 0 Å². The molecule has 0 unspecified atom stereocenters. The van der Waals surface area contributed by atoms with Crippen molar-refractivity contribution in [3.63, 3.8) is 0 Å². The maximum absolute atomic E-state index is 12.8. The Bertz CT molecular complexity index is 273. The van der Waals surface area contributed by atoms with Gasteiger partial charge in [0.25, 0.3) is 0 Å². The third kappa shape index (κ3) is 2.03. The first kappa shape index (κ1) is 9.21. The molecule has 0 amide bonds. The van der Waals surface area contributed by atoms with Gasteiger partial charge in [0, 0.05) is 0 Å². The summed E-state index contributed by atoms with van der Waals surface area (Å²) >= 11 is 2.46. The third-order valence-electron chi connectivity index (χ3n) is 1.36. The van der Waals surface area contributed by atoms with Crippen LogP contribution in [0, 0.1) is 18.6 Å². The van der Waals surface area contributed by atoms with Gasteiger partial charge in [0.05, 0.1) is 0 Å². The van der Waals surface area contributed by atoms with Gasteiger partial charge in [0.1, 0.15) is 0 Å². The van der Waals surface area contributed by atoms with Crippen LogP contribution in [0.25, 0.3) is 0 Å². The van der Waals surface area contributed by atoms with E-state index in [1.54, 1.807) is 6.92 Å². The summed E-state index contributed by atoms with van der Waals surface area (Å²) in [6.07, 6.45) is 0. The van der Waals surface area contributed by atoms with Crippen molar-refractivity contribution in [2.75, 3.05) is 0 Å². The second-order valence-electron chi connectivity index (χ2n) is 2.10. The van der Waals surface area contributed by atoms with Crippen LogP contribution in [0.3, 0.4) is 0 Å². The van der Waals surface area contributed by atoms with Crippen molar-refractivity contribution in [3.8, 4) is 0 Å². The molecule has 0 bridgehead atoms. The van der Waals surface area contributed by atoms with Crippen LogP contribution in [-0.4, -0.2) is 27.3 Å². The molecule has 0 saturated heterocycles. The summed E-state index contributed by atoms with van der Waals surface area (Å²) in [6, 6.07) is 2.30. The maximum atomic E-state index is 12.8. The molecular weight excluding hydrogens is 280 g/mol. The van der Waals surface area contributed by atoms with Gasteiger partial charge in [-0.3, -0.25) is 0 Å². The molecule has 0 fully saturated rings. The summed E-state index contributed by atoms with van der Waals surface area (Å²) < 4.78 is 26.1. The normalized spacial score (nSPS) is 10.2. The molecule has 0 aliphatic carbocycles. The van der Waals surface area contributed by atoms with Crippen molar-refractivity contribution in [2.24, 2.45) is 0 Å². The van der Waals surface area contributed by atoms with Crippen LogP contribution in [0.1, 0.15) is 5.56 Å². The van der Waals surface area contributed by atoms with Gasteiger partial charge in [-0.05, 0) is 0 Å². The van der Waals surface area contributed by atoms with E-state index in [0.29, 0.717) is 5.56 Å². The molecule has 0 nitrogen and oxygen atoms in total. The fraction of sp³-hybridized carbons (Fsp3) is 0.143. The summed E-state index contributed by atoms with van der Waals surface area (Å²) in [5, 5.41) is 0. The topological polar surface area (TPSA) is 0 Å². The Kier molecular flexibility index (Phi) is 3.08. The molecular formula is C7H6F2Se2. The van der Waals surface area contributed by atoms with Gasteiger partial charge in [-0.1, -0.05) is 0 Å². The molecule has 0 saturated carbocycles. The average molecular weight is 286 g/mol. The first-order chi connectivity index (χ1) is 5.15. The van der Waals surface area contributed by atoms with Gasteiger partial charge < -0.3 is 0 Å². The van der Waals surface area contributed by atoms with E-state index >= 15 is 0 Å². The van der Waals surface area contributed by atoms with Crippen LogP contribution in [-0.2, 0) is 0 Å². The quantitative estimate of drug-likeness (QED) is 0.656. The van der Waals surface area contributed by atoms with Gasteiger partial charge in [-0.2, -0.15) is 0 Å². The van der Waals surface area contributed by atoms with Crippen LogP contribution in [0.5, 0.6) is 0 Å². The van der Waals surface area contributed by atoms with E-state index in [1.807, 2.05) is 0 Å². The summed E-state index contributed by atoms with van der Waals surface area (Å²) in [6.45, 7) is 1.67. The first-order valence-electron chi connectivity index (χ1n) is 2.92. The summed E-state index contributed by atoms with van der Waals surface area (Å²) in [7, 11) is 0. The zero-order chi connectivity index (χ0) is 8.43. The van der Waals surface area contributed by atoms with E-state index in [4.69, 9.17) is 0 Å². The molecule has 1 aromatic carbocycles. The summed E-state index contributed by atoms with van der Waals surface area (Å²) in [4.78, 5) is 0. The Labute approximate surface area is 76.9 Å². The summed E-state index contributed by atoms with van der Waals surface area (Å²) in [5.41, 5.74) is 0.562. The zero-order valence-electron chi connectivity index (χ0n) is 5.77. The number of halogens is 2. The van der Waals surface area contributed by atoms with E-state index < -0.39 is 11.6 Å². The predicted molar refractivity (Wildman–Crippen MR) is 43.6 cm³/mol. The van der Waals surface area contributed by atoms with Crippen molar-refractivity contribution in [2.45, 2.75) is 6.92 Å². The number of hydrogen-bond acceptors (Lipinski definition) is 0. The van der Waals surface area contributed by atoms with E-state index in [9.17, 15) is 8.78 Å². The fourth-order valence-electron chi connectivity index (χ4n) is 0.717. The Morgan fingerprint density at radius 3 is 2.55 bits per heavy atom. The molecule has 0 aliphatic heterocycles. The molecule has 11 heavy (non-hydrogen) atoms. The zero-order valence-corrected chi connectivity index (χ0v) is 9.36. The van der Waals surface area contributed by atoms with Crippen LogP contribution < -0.4 is 4.46 Å². The first-order valence-corrected chi connectivity index (χ1v) is 8.52. The van der Waals surface area contributed by atoms with Gasteiger partial charge in [-0.15, -0.1) is 0 Å². The van der Waals surface area contributed by atoms with Crippen molar-refractivity contribution >= 4 is 31.8 Å². The SMILES string of the molecule is Cc1c(F)cc(F)cc1[Se][SeH]. The molecule has 0 N–H and O–H groups in total. The van der Waals surface area contributed by atoms with Crippen molar-refractivity contribution in [1.29, 1.82) is 0 Å². The van der Waals surface area contributed by atoms with E-state index in [-0.39, 0.29) is 13.1 Å². The molecule has 0 spiro atoms. The molecule has 60 valence electrons. The van der Waals surface area contributed by atoms with E-state index in [2.05, 4.69) is 14.2 Å². The Morgan fingerprint density at radius 1 is 1.36 bits per heavy atom. The standard InChI is InChI=1S/C7H6F2Se2/c1-4-6(9)2-5(8)3-7(4)11-10/h2-3,10H,1H3. The van der Waals surface area contributed by atoms with E-state index in [0.717, 1.165) is 10.5 Å². The Balaban J connectivity index is 3.24. The van der Waals surface area contributed by atoms with Gasteiger partial charge in [0.2, 0.25) is 0 Å². The number of hydrogen-bond donors (Lipinski definition) is 0. The Morgan fingerprint density at radius 2 is 2.00 bits per heavy atom. The second-order valence-corrected chi connectivity index (χ2v) is 5.40. The van der Waals surface area contributed by atoms with Crippen LogP contribution >= 0.6 is 0 Å². The Hall–Kier alpha value is 0.119. The van der Waals surface area contributed by atoms with Crippen LogP contribution in [0.15, 0.2) is 12.1 Å². The molecule has 0 heterocycles. The molecule has 1 rings (SSSR count). The molecule has 0 aliphatic rings. The molecule has 0 atom stereocenters. The van der Waals surface area contributed by atoms with Gasteiger partial charge >= 0.3 is 76.8 Å². The van der Waals surface area contributed by atoms with Crippen molar-refractivity contribution in [3.05, 3.63) is 29.3 Å². The van der Waals surface area contributed by atoms with E-state index in [1.165, 1.54) is 6.07 Å². The van der Waals surface area contributed by atoms with Crippen molar-refractivity contribution in [1.82, 2.24) is 0 Å². The third-order valence-corrected chi connectivity index (χ3v) is 4.81. The van der Waals surface area contributed by atoms with Crippen LogP contribution in [0.2, 0.25) is 0 Å². The molecule has 1 aromatic rings. The number of rotatable bonds is 1. The fourth-order valence-corrected chi connectivity index (χ4v) is 3.62. The minimum absolute atomic E-state index is 0.0972. The molecule has 4 heteroatoms. The van der Waals surface area contributed by atoms with Crippen molar-refractivity contribution < 1.29 is 8.78 Å². The minimum atomic E-state index is -0.490. The molecule has 0 aromatic heterocycles. The molecule has 0 radical (unpaired) electrons. The second kappa shape index (κ2) is 3.68. The van der Waals surface area contributed by atoms with Gasteiger partial charge in [0.15, 0.2) is 0 Å². The monoisotopic (exact) mass is 288 g/mol.